The highest BCUT2D eigenvalue weighted by molar-refractivity contribution is 7.11. The average Bonchev–Trinajstić information content (AvgIpc) is 3.39. The molecule has 182 valence electrons. The molecule has 1 fully saturated rings. The number of aromatic nitrogens is 1. The molecule has 2 N–H and O–H groups in total. The lowest BCUT2D eigenvalue weighted by atomic mass is 9.91. The number of halogens is 1. The van der Waals surface area contributed by atoms with Crippen LogP contribution in [0.3, 0.4) is 0 Å². The van der Waals surface area contributed by atoms with Crippen LogP contribution in [-0.2, 0) is 19.1 Å². The van der Waals surface area contributed by atoms with Crippen molar-refractivity contribution in [3.05, 3.63) is 63.0 Å². The minimum absolute atomic E-state index is 0.0000935. The Morgan fingerprint density at radius 2 is 2.29 bits per heavy atom. The van der Waals surface area contributed by atoms with Crippen LogP contribution < -0.4 is 5.32 Å². The molecule has 0 aliphatic carbocycles. The van der Waals surface area contributed by atoms with E-state index in [0.717, 1.165) is 0 Å². The first-order valence-electron chi connectivity index (χ1n) is 10.9. The lowest BCUT2D eigenvalue weighted by Gasteiger charge is -2.34. The summed E-state index contributed by atoms with van der Waals surface area (Å²) >= 11 is 1.34. The predicted octanol–water partition coefficient (Wildman–Crippen LogP) is 1.96. The van der Waals surface area contributed by atoms with Crippen molar-refractivity contribution < 1.29 is 28.6 Å². The molecule has 0 amide bonds. The Hall–Kier alpha value is -3.59. The number of carboxylic acids is 1. The summed E-state index contributed by atoms with van der Waals surface area (Å²) in [4.78, 5) is 35.5. The normalized spacial score (nSPS) is 20.5. The Morgan fingerprint density at radius 1 is 1.46 bits per heavy atom. The van der Waals surface area contributed by atoms with Gasteiger partial charge in [0.25, 0.3) is 0 Å². The molecule has 1 aromatic heterocycles. The summed E-state index contributed by atoms with van der Waals surface area (Å²) in [5, 5.41) is 14.9. The number of carbonyl (C=O) groups excluding carboxylic acids is 1. The molecular formula is C24H23FN4O5S. The van der Waals surface area contributed by atoms with Crippen LogP contribution >= 0.6 is 11.3 Å². The number of hydrogen-bond donors (Lipinski definition) is 2. The van der Waals surface area contributed by atoms with E-state index in [1.165, 1.54) is 23.5 Å². The molecule has 11 heteroatoms. The number of esters is 1. The number of aliphatic carboxylic acids is 1. The third-order valence-corrected chi connectivity index (χ3v) is 6.33. The van der Waals surface area contributed by atoms with Crippen LogP contribution in [0.5, 0.6) is 0 Å². The van der Waals surface area contributed by atoms with Crippen molar-refractivity contribution in [1.29, 1.82) is 0 Å². The fourth-order valence-corrected chi connectivity index (χ4v) is 4.57. The number of carbonyl (C=O) groups is 2. The van der Waals surface area contributed by atoms with Crippen LogP contribution in [0.15, 0.2) is 46.0 Å². The predicted molar refractivity (Wildman–Crippen MR) is 126 cm³/mol. The number of benzene rings is 1. The van der Waals surface area contributed by atoms with Gasteiger partial charge < -0.3 is 19.9 Å². The van der Waals surface area contributed by atoms with Crippen molar-refractivity contribution >= 4 is 29.1 Å². The molecule has 0 bridgehead atoms. The third-order valence-electron chi connectivity index (χ3n) is 5.55. The molecule has 9 nitrogen and oxygen atoms in total. The van der Waals surface area contributed by atoms with Gasteiger partial charge in [-0.25, -0.2) is 19.0 Å². The van der Waals surface area contributed by atoms with Gasteiger partial charge in [-0.05, 0) is 18.6 Å². The Morgan fingerprint density at radius 3 is 2.97 bits per heavy atom. The second-order valence-corrected chi connectivity index (χ2v) is 8.63. The largest absolute Gasteiger partial charge is 0.479 e. The molecule has 0 radical (unpaired) electrons. The molecule has 1 unspecified atom stereocenters. The van der Waals surface area contributed by atoms with E-state index in [-0.39, 0.29) is 37.4 Å². The zero-order valence-corrected chi connectivity index (χ0v) is 19.7. The molecule has 2 aliphatic rings. The van der Waals surface area contributed by atoms with Crippen molar-refractivity contribution in [2.24, 2.45) is 4.99 Å². The number of carboxylic acid groups (broad SMARTS) is 1. The second kappa shape index (κ2) is 10.8. The molecule has 3 heterocycles. The molecule has 2 atom stereocenters. The monoisotopic (exact) mass is 498 g/mol. The van der Waals surface area contributed by atoms with Crippen molar-refractivity contribution in [2.45, 2.75) is 19.1 Å². The summed E-state index contributed by atoms with van der Waals surface area (Å²) in [6.07, 6.45) is 6.26. The molecular weight excluding hydrogens is 475 g/mol. The Kier molecular flexibility index (Phi) is 7.55. The summed E-state index contributed by atoms with van der Waals surface area (Å²) in [5.41, 5.74) is 0.966. The minimum Gasteiger partial charge on any atom is -0.479 e. The van der Waals surface area contributed by atoms with E-state index in [0.29, 0.717) is 28.6 Å². The number of morpholine rings is 1. The number of ether oxygens (including phenoxy) is 2. The Bertz CT molecular complexity index is 1220. The van der Waals surface area contributed by atoms with E-state index < -0.39 is 29.9 Å². The van der Waals surface area contributed by atoms with E-state index in [4.69, 9.17) is 20.9 Å². The van der Waals surface area contributed by atoms with Crippen LogP contribution in [0, 0.1) is 18.2 Å². The van der Waals surface area contributed by atoms with E-state index in [2.05, 4.69) is 16.2 Å². The highest BCUT2D eigenvalue weighted by Gasteiger charge is 2.36. The fraction of sp³-hybridized carbons (Fsp3) is 0.333. The van der Waals surface area contributed by atoms with Crippen LogP contribution in [0.4, 0.5) is 4.39 Å². The first-order valence-corrected chi connectivity index (χ1v) is 11.8. The maximum absolute atomic E-state index is 14.6. The fourth-order valence-electron chi connectivity index (χ4n) is 3.98. The van der Waals surface area contributed by atoms with Crippen molar-refractivity contribution in [2.75, 3.05) is 32.8 Å². The maximum Gasteiger partial charge on any atom is 0.338 e. The van der Waals surface area contributed by atoms with Gasteiger partial charge in [-0.2, -0.15) is 0 Å². The van der Waals surface area contributed by atoms with Gasteiger partial charge in [0.2, 0.25) is 0 Å². The number of rotatable bonds is 7. The highest BCUT2D eigenvalue weighted by atomic mass is 32.1. The molecule has 1 aromatic carbocycles. The van der Waals surface area contributed by atoms with Gasteiger partial charge in [-0.15, -0.1) is 17.8 Å². The van der Waals surface area contributed by atoms with Crippen LogP contribution in [0.1, 0.15) is 29.1 Å². The van der Waals surface area contributed by atoms with Gasteiger partial charge in [-0.1, -0.05) is 18.1 Å². The van der Waals surface area contributed by atoms with Gasteiger partial charge in [0.15, 0.2) is 16.9 Å². The van der Waals surface area contributed by atoms with E-state index in [1.54, 1.807) is 24.6 Å². The lowest BCUT2D eigenvalue weighted by molar-refractivity contribution is -0.155. The number of thiazole rings is 1. The molecule has 0 spiro atoms. The number of terminal acetylenes is 1. The summed E-state index contributed by atoms with van der Waals surface area (Å²) in [6.45, 7) is 2.79. The van der Waals surface area contributed by atoms with Crippen LogP contribution in [0.2, 0.25) is 0 Å². The summed E-state index contributed by atoms with van der Waals surface area (Å²) in [7, 11) is 0. The topological polar surface area (TPSA) is 113 Å². The SMILES string of the molecule is C#Cc1c(F)cccc1C1N=C(c2nccs2)NC(CN2CCO[C@H](C(=O)O)C2)=C1C(=O)OCC. The summed E-state index contributed by atoms with van der Waals surface area (Å²) in [5.74, 6) is 0.474. The van der Waals surface area contributed by atoms with Gasteiger partial charge in [0.05, 0.1) is 24.4 Å². The quantitative estimate of drug-likeness (QED) is 0.440. The summed E-state index contributed by atoms with van der Waals surface area (Å²) < 4.78 is 25.3. The minimum atomic E-state index is -1.06. The Labute approximate surface area is 205 Å². The number of aliphatic imine (C=N–C) groups is 1. The zero-order chi connectivity index (χ0) is 24.9. The van der Waals surface area contributed by atoms with Crippen LogP contribution in [0.25, 0.3) is 0 Å². The van der Waals surface area contributed by atoms with Crippen LogP contribution in [-0.4, -0.2) is 71.7 Å². The second-order valence-electron chi connectivity index (χ2n) is 7.74. The maximum atomic E-state index is 14.6. The molecule has 2 aromatic rings. The number of nitrogens with zero attached hydrogens (tertiary/aromatic N) is 3. The first-order chi connectivity index (χ1) is 16.9. The van der Waals surface area contributed by atoms with Gasteiger partial charge >= 0.3 is 11.9 Å². The van der Waals surface area contributed by atoms with E-state index in [9.17, 15) is 19.1 Å². The molecule has 0 saturated carbocycles. The Balaban J connectivity index is 1.83. The molecule has 35 heavy (non-hydrogen) atoms. The molecule has 1 saturated heterocycles. The zero-order valence-electron chi connectivity index (χ0n) is 18.9. The molecule has 4 rings (SSSR count). The van der Waals surface area contributed by atoms with Crippen molar-refractivity contribution in [3.63, 3.8) is 0 Å². The van der Waals surface area contributed by atoms with Gasteiger partial charge in [-0.3, -0.25) is 9.89 Å². The highest BCUT2D eigenvalue weighted by Crippen LogP contribution is 2.35. The smallest absolute Gasteiger partial charge is 0.338 e. The number of hydrogen-bond acceptors (Lipinski definition) is 9. The lowest BCUT2D eigenvalue weighted by Crippen LogP contribution is -2.48. The average molecular weight is 499 g/mol. The number of nitrogens with one attached hydrogen (secondary N) is 1. The number of amidine groups is 1. The van der Waals surface area contributed by atoms with Gasteiger partial charge in [0.1, 0.15) is 11.9 Å². The van der Waals surface area contributed by atoms with Gasteiger partial charge in [0, 0.05) is 36.9 Å². The van der Waals surface area contributed by atoms with Crippen molar-refractivity contribution in [3.8, 4) is 12.3 Å². The molecule has 2 aliphatic heterocycles. The van der Waals surface area contributed by atoms with Crippen molar-refractivity contribution in [1.82, 2.24) is 15.2 Å². The summed E-state index contributed by atoms with van der Waals surface area (Å²) in [6, 6.07) is 3.43. The first kappa shape index (κ1) is 24.5. The van der Waals surface area contributed by atoms with E-state index >= 15 is 0 Å². The third kappa shape index (κ3) is 5.24. The van der Waals surface area contributed by atoms with E-state index in [1.807, 2.05) is 4.90 Å². The standard InChI is InChI=1S/C24H23FN4O5S/c1-3-14-15(6-5-7-16(14)25)20-19(24(32)33-4-2)17(27-21(28-20)22-26-8-11-35-22)12-29-9-10-34-18(13-29)23(30)31/h1,5-8,11,18,20H,4,9-10,12-13H2,2H3,(H,27,28)(H,30,31)/t18-,20?/m0/s1.